The molecule has 0 spiro atoms. The van der Waals surface area contributed by atoms with Gasteiger partial charge in [0.15, 0.2) is 0 Å². The van der Waals surface area contributed by atoms with Gasteiger partial charge in [0.25, 0.3) is 12.9 Å². The Kier molecular flexibility index (Phi) is 16.0. The van der Waals surface area contributed by atoms with E-state index in [1.807, 2.05) is 50.2 Å². The zero-order chi connectivity index (χ0) is 48.5. The number of rotatable bonds is 14. The minimum absolute atomic E-state index is 0.104. The first-order chi connectivity index (χ1) is 32.6. The molecule has 2 aliphatic carbocycles. The van der Waals surface area contributed by atoms with Crippen molar-refractivity contribution in [2.24, 2.45) is 23.7 Å². The molecule has 14 nitrogen and oxygen atoms in total. The van der Waals surface area contributed by atoms with Gasteiger partial charge in [0.1, 0.15) is 23.0 Å². The smallest absolute Gasteiger partial charge is 0.306 e. The Morgan fingerprint density at radius 2 is 0.882 bits per heavy atom. The number of hydrogen-bond donors (Lipinski definition) is 4. The molecule has 6 aromatic rings. The van der Waals surface area contributed by atoms with E-state index in [0.717, 1.165) is 70.7 Å². The van der Waals surface area contributed by atoms with Crippen molar-refractivity contribution in [3.05, 3.63) is 120 Å². The van der Waals surface area contributed by atoms with E-state index in [-0.39, 0.29) is 47.0 Å². The van der Waals surface area contributed by atoms with Crippen molar-refractivity contribution in [2.75, 3.05) is 10.6 Å². The second-order valence-electron chi connectivity index (χ2n) is 17.8. The van der Waals surface area contributed by atoms with Crippen LogP contribution in [0.15, 0.2) is 85.7 Å². The third kappa shape index (κ3) is 12.7. The highest BCUT2D eigenvalue weighted by molar-refractivity contribution is 5.72. The topological polar surface area (TPSA) is 202 Å². The normalized spacial score (nSPS) is 19.1. The van der Waals surface area contributed by atoms with E-state index in [9.17, 15) is 37.4 Å². The minimum atomic E-state index is -2.66. The van der Waals surface area contributed by atoms with Gasteiger partial charge in [-0.1, -0.05) is 26.0 Å². The molecule has 68 heavy (non-hydrogen) atoms. The van der Waals surface area contributed by atoms with E-state index in [0.29, 0.717) is 48.9 Å². The summed E-state index contributed by atoms with van der Waals surface area (Å²) in [7, 11) is 0. The molecule has 2 atom stereocenters. The number of benzene rings is 2. The molecule has 0 unspecified atom stereocenters. The highest BCUT2D eigenvalue weighted by atomic mass is 19.3. The van der Waals surface area contributed by atoms with Gasteiger partial charge in [-0.3, -0.25) is 9.59 Å². The van der Waals surface area contributed by atoms with E-state index in [1.54, 1.807) is 24.8 Å². The predicted molar refractivity (Wildman–Crippen MR) is 248 cm³/mol. The minimum Gasteiger partial charge on any atom is -0.481 e. The molecule has 0 bridgehead atoms. The summed E-state index contributed by atoms with van der Waals surface area (Å²) in [5, 5.41) is 24.4. The number of nitrogens with one attached hydrogen (secondary N) is 2. The molecule has 18 heteroatoms. The van der Waals surface area contributed by atoms with Crippen molar-refractivity contribution in [1.29, 1.82) is 0 Å². The molecular formula is C50H54F4N10O4. The number of aliphatic carboxylic acids is 2. The van der Waals surface area contributed by atoms with Crippen LogP contribution in [0, 0.1) is 37.5 Å². The number of halogens is 4. The molecule has 356 valence electrons. The quantitative estimate of drug-likeness (QED) is 0.0751. The molecule has 0 saturated heterocycles. The molecule has 4 aromatic heterocycles. The lowest BCUT2D eigenvalue weighted by Gasteiger charge is -2.29. The highest BCUT2D eigenvalue weighted by Gasteiger charge is 2.32. The Hall–Kier alpha value is -6.98. The Morgan fingerprint density at radius 1 is 0.529 bits per heavy atom. The first-order valence-corrected chi connectivity index (χ1v) is 22.7. The Balaban J connectivity index is 0.000000201. The van der Waals surface area contributed by atoms with Gasteiger partial charge in [-0.2, -0.15) is 0 Å². The maximum atomic E-state index is 12.9. The zero-order valence-electron chi connectivity index (χ0n) is 38.2. The molecule has 8 rings (SSSR count). The first-order valence-electron chi connectivity index (χ1n) is 22.7. The fourth-order valence-electron chi connectivity index (χ4n) is 9.01. The summed E-state index contributed by atoms with van der Waals surface area (Å²) in [4.78, 5) is 56.6. The van der Waals surface area contributed by atoms with Gasteiger partial charge in [-0.25, -0.2) is 57.4 Å². The number of carbonyl (C=O) groups is 2. The summed E-state index contributed by atoms with van der Waals surface area (Å²) in [6, 6.07) is 13.9. The van der Waals surface area contributed by atoms with Crippen LogP contribution in [0.4, 0.5) is 40.8 Å². The summed E-state index contributed by atoms with van der Waals surface area (Å²) >= 11 is 0. The van der Waals surface area contributed by atoms with Crippen molar-refractivity contribution in [2.45, 2.75) is 104 Å². The maximum Gasteiger partial charge on any atom is 0.306 e. The van der Waals surface area contributed by atoms with Gasteiger partial charge >= 0.3 is 11.9 Å². The second kappa shape index (κ2) is 22.2. The van der Waals surface area contributed by atoms with Crippen LogP contribution in [-0.4, -0.2) is 62.0 Å². The summed E-state index contributed by atoms with van der Waals surface area (Å²) in [5.74, 6) is 0.893. The van der Waals surface area contributed by atoms with Crippen molar-refractivity contribution >= 4 is 35.2 Å². The summed E-state index contributed by atoms with van der Waals surface area (Å²) < 4.78 is 51.7. The Labute approximate surface area is 391 Å². The molecular weight excluding hydrogens is 881 g/mol. The number of aryl methyl sites for hydroxylation is 2. The number of aromatic nitrogens is 8. The number of hydrogen-bond acceptors (Lipinski definition) is 12. The van der Waals surface area contributed by atoms with Gasteiger partial charge in [0, 0.05) is 71.5 Å². The molecule has 4 N–H and O–H groups in total. The molecule has 2 aromatic carbocycles. The van der Waals surface area contributed by atoms with Crippen LogP contribution in [0.5, 0.6) is 0 Å². The number of carboxylic acid groups (broad SMARTS) is 2. The number of alkyl halides is 4. The maximum absolute atomic E-state index is 12.9. The van der Waals surface area contributed by atoms with Crippen LogP contribution in [-0.2, 0) is 9.59 Å². The van der Waals surface area contributed by atoms with Crippen LogP contribution in [0.25, 0.3) is 22.3 Å². The molecule has 2 saturated carbocycles. The van der Waals surface area contributed by atoms with Gasteiger partial charge < -0.3 is 20.8 Å². The van der Waals surface area contributed by atoms with E-state index in [2.05, 4.69) is 64.4 Å². The Morgan fingerprint density at radius 3 is 1.21 bits per heavy atom. The molecule has 0 radical (unpaired) electrons. The summed E-state index contributed by atoms with van der Waals surface area (Å²) in [6.45, 7) is 8.08. The van der Waals surface area contributed by atoms with Crippen molar-refractivity contribution in [3.8, 4) is 22.3 Å². The molecule has 0 amide bonds. The Bertz CT molecular complexity index is 2480. The largest absolute Gasteiger partial charge is 0.481 e. The zero-order valence-corrected chi connectivity index (χ0v) is 38.2. The fraction of sp³-hybridized carbons (Fsp3) is 0.400. The standard InChI is InChI=1S/2C25H27F2N5O2/c2*1-14-9-18(11-20(10-14)31-25-28-8-7-21(32-25)22(26)27)19-12-29-23(30-13-19)15(2)16-3-5-17(6-4-16)24(33)34/h2*7-13,15-17,22H,3-6H2,1-2H3,(H,33,34)(H,28,31,32)/t2*15-,16?,17?/m10/s1. The van der Waals surface area contributed by atoms with Crippen LogP contribution < -0.4 is 10.6 Å². The molecule has 0 aliphatic heterocycles. The van der Waals surface area contributed by atoms with Crippen LogP contribution >= 0.6 is 0 Å². The molecule has 2 aliphatic rings. The second-order valence-corrected chi connectivity index (χ2v) is 17.8. The van der Waals surface area contributed by atoms with Crippen molar-refractivity contribution in [1.82, 2.24) is 39.9 Å². The van der Waals surface area contributed by atoms with Gasteiger partial charge in [-0.05, 0) is 136 Å². The van der Waals surface area contributed by atoms with E-state index >= 15 is 0 Å². The third-order valence-corrected chi connectivity index (χ3v) is 12.9. The van der Waals surface area contributed by atoms with Crippen molar-refractivity contribution in [3.63, 3.8) is 0 Å². The van der Waals surface area contributed by atoms with Crippen LogP contribution in [0.3, 0.4) is 0 Å². The van der Waals surface area contributed by atoms with Crippen LogP contribution in [0.2, 0.25) is 0 Å². The van der Waals surface area contributed by atoms with Gasteiger partial charge in [-0.15, -0.1) is 0 Å². The van der Waals surface area contributed by atoms with E-state index in [1.165, 1.54) is 24.5 Å². The summed E-state index contributed by atoms with van der Waals surface area (Å²) in [6.07, 6.45) is 10.7. The van der Waals surface area contributed by atoms with Crippen LogP contribution in [0.1, 0.15) is 124 Å². The average Bonchev–Trinajstić information content (AvgIpc) is 3.33. The lowest BCUT2D eigenvalue weighted by Crippen LogP contribution is -2.24. The molecule has 2 fully saturated rings. The SMILES string of the molecule is Cc1cc(Nc2nccc(C(F)F)n2)cc(-c2cnc([C@@H](C)C3CCC(C(=O)O)CC3)nc2)c1.Cc1cc(Nc2nccc(C(F)F)n2)cc(-c2cnc([C@H](C)C3CCC(C(=O)O)CC3)nc2)c1. The van der Waals surface area contributed by atoms with Gasteiger partial charge in [0.2, 0.25) is 11.9 Å². The molecule has 4 heterocycles. The van der Waals surface area contributed by atoms with E-state index < -0.39 is 24.8 Å². The average molecular weight is 935 g/mol. The fourth-order valence-corrected chi connectivity index (χ4v) is 9.01. The lowest BCUT2D eigenvalue weighted by atomic mass is 9.76. The lowest BCUT2D eigenvalue weighted by molar-refractivity contribution is -0.144. The highest BCUT2D eigenvalue weighted by Crippen LogP contribution is 2.39. The first kappa shape index (κ1) is 48.9. The third-order valence-electron chi connectivity index (χ3n) is 12.9. The number of carboxylic acids is 2. The van der Waals surface area contributed by atoms with Gasteiger partial charge in [0.05, 0.1) is 11.8 Å². The predicted octanol–water partition coefficient (Wildman–Crippen LogP) is 11.8. The van der Waals surface area contributed by atoms with Crippen molar-refractivity contribution < 1.29 is 37.4 Å². The monoisotopic (exact) mass is 934 g/mol. The number of nitrogens with zero attached hydrogens (tertiary/aromatic N) is 8. The van der Waals surface area contributed by atoms with E-state index in [4.69, 9.17) is 0 Å². The summed E-state index contributed by atoms with van der Waals surface area (Å²) in [5.41, 5.74) is 6.06. The number of anilines is 4.